The summed E-state index contributed by atoms with van der Waals surface area (Å²) in [6.45, 7) is 0.431. The van der Waals surface area contributed by atoms with Crippen molar-refractivity contribution in [3.63, 3.8) is 0 Å². The molecule has 0 aliphatic carbocycles. The van der Waals surface area contributed by atoms with Gasteiger partial charge in [-0.05, 0) is 18.2 Å². The van der Waals surface area contributed by atoms with Gasteiger partial charge in [-0.15, -0.1) is 0 Å². The quantitative estimate of drug-likeness (QED) is 0.894. The molecule has 2 amide bonds. The molecule has 0 aliphatic heterocycles. The number of hydrogen-bond donors (Lipinski definition) is 2. The monoisotopic (exact) mass is 264 g/mol. The van der Waals surface area contributed by atoms with Crippen LogP contribution in [-0.4, -0.2) is 15.8 Å². The molecule has 0 radical (unpaired) electrons. The minimum absolute atomic E-state index is 0.277. The number of rotatable bonds is 3. The number of benzene rings is 1. The maximum atomic E-state index is 11.6. The van der Waals surface area contributed by atoms with E-state index in [0.29, 0.717) is 17.3 Å². The second kappa shape index (κ2) is 5.55. The predicted octanol–water partition coefficient (Wildman–Crippen LogP) is 2.40. The molecule has 2 rings (SSSR count). The molecule has 0 aliphatic rings. The smallest absolute Gasteiger partial charge is 0.319 e. The first-order valence-corrected chi connectivity index (χ1v) is 5.79. The average molecular weight is 265 g/mol. The molecular weight excluding hydrogens is 252 g/mol. The lowest BCUT2D eigenvalue weighted by atomic mass is 10.3. The van der Waals surface area contributed by atoms with Gasteiger partial charge in [-0.2, -0.15) is 5.10 Å². The Morgan fingerprint density at radius 2 is 2.33 bits per heavy atom. The Morgan fingerprint density at radius 1 is 1.50 bits per heavy atom. The largest absolute Gasteiger partial charge is 0.334 e. The van der Waals surface area contributed by atoms with E-state index < -0.39 is 0 Å². The van der Waals surface area contributed by atoms with Crippen LogP contribution in [0.4, 0.5) is 10.5 Å². The fourth-order valence-corrected chi connectivity index (χ4v) is 1.68. The highest BCUT2D eigenvalue weighted by Crippen LogP contribution is 2.14. The fraction of sp³-hybridized carbons (Fsp3) is 0.167. The number of anilines is 1. The standard InChI is InChI=1S/C12H13ClN4O/c1-17-8-9(7-15-17)6-14-12(18)16-11-4-2-3-10(13)5-11/h2-5,7-8H,6H2,1H3,(H2,14,16,18). The Balaban J connectivity index is 1.85. The molecule has 6 heteroatoms. The number of nitrogens with one attached hydrogen (secondary N) is 2. The van der Waals surface area contributed by atoms with Gasteiger partial charge in [-0.25, -0.2) is 4.79 Å². The van der Waals surface area contributed by atoms with Crippen molar-refractivity contribution < 1.29 is 4.79 Å². The predicted molar refractivity (Wildman–Crippen MR) is 70.5 cm³/mol. The summed E-state index contributed by atoms with van der Waals surface area (Å²) in [5.41, 5.74) is 1.60. The number of nitrogens with zero attached hydrogens (tertiary/aromatic N) is 2. The van der Waals surface area contributed by atoms with Gasteiger partial charge in [0.1, 0.15) is 0 Å². The molecule has 94 valence electrons. The van der Waals surface area contributed by atoms with Crippen molar-refractivity contribution in [2.45, 2.75) is 6.54 Å². The molecule has 0 saturated carbocycles. The summed E-state index contributed by atoms with van der Waals surface area (Å²) in [7, 11) is 1.83. The molecule has 2 N–H and O–H groups in total. The zero-order valence-electron chi connectivity index (χ0n) is 9.85. The summed E-state index contributed by atoms with van der Waals surface area (Å²) >= 11 is 5.82. The number of carbonyl (C=O) groups excluding carboxylic acids is 1. The van der Waals surface area contributed by atoms with E-state index in [1.54, 1.807) is 35.1 Å². The molecule has 2 aromatic rings. The highest BCUT2D eigenvalue weighted by molar-refractivity contribution is 6.30. The first-order chi connectivity index (χ1) is 8.63. The third-order valence-electron chi connectivity index (χ3n) is 2.29. The van der Waals surface area contributed by atoms with Crippen LogP contribution in [0.3, 0.4) is 0 Å². The lowest BCUT2D eigenvalue weighted by molar-refractivity contribution is 0.251. The van der Waals surface area contributed by atoms with Crippen LogP contribution < -0.4 is 10.6 Å². The third kappa shape index (κ3) is 3.49. The summed E-state index contributed by atoms with van der Waals surface area (Å²) in [4.78, 5) is 11.6. The number of carbonyl (C=O) groups is 1. The van der Waals surface area contributed by atoms with Gasteiger partial charge < -0.3 is 10.6 Å². The van der Waals surface area contributed by atoms with Crippen molar-refractivity contribution >= 4 is 23.3 Å². The molecule has 18 heavy (non-hydrogen) atoms. The molecule has 1 aromatic heterocycles. The van der Waals surface area contributed by atoms with Crippen LogP contribution in [-0.2, 0) is 13.6 Å². The van der Waals surface area contributed by atoms with Crippen molar-refractivity contribution in [2.24, 2.45) is 7.05 Å². The molecule has 1 heterocycles. The fourth-order valence-electron chi connectivity index (χ4n) is 1.49. The van der Waals surface area contributed by atoms with Crippen molar-refractivity contribution in [1.29, 1.82) is 0 Å². The maximum Gasteiger partial charge on any atom is 0.319 e. The van der Waals surface area contributed by atoms with E-state index in [2.05, 4.69) is 15.7 Å². The third-order valence-corrected chi connectivity index (χ3v) is 2.53. The average Bonchev–Trinajstić information content (AvgIpc) is 2.73. The Morgan fingerprint density at radius 3 is 3.00 bits per heavy atom. The lowest BCUT2D eigenvalue weighted by Gasteiger charge is -2.06. The normalized spacial score (nSPS) is 10.1. The number of hydrogen-bond acceptors (Lipinski definition) is 2. The van der Waals surface area contributed by atoms with Crippen molar-refractivity contribution in [3.05, 3.63) is 47.2 Å². The SMILES string of the molecule is Cn1cc(CNC(=O)Nc2cccc(Cl)c2)cn1. The molecule has 5 nitrogen and oxygen atoms in total. The molecule has 1 aromatic carbocycles. The van der Waals surface area contributed by atoms with Crippen molar-refractivity contribution in [1.82, 2.24) is 15.1 Å². The highest BCUT2D eigenvalue weighted by Gasteiger charge is 2.02. The molecule has 0 atom stereocenters. The zero-order valence-corrected chi connectivity index (χ0v) is 10.6. The van der Waals surface area contributed by atoms with E-state index in [9.17, 15) is 4.79 Å². The van der Waals surface area contributed by atoms with Gasteiger partial charge in [0.2, 0.25) is 0 Å². The van der Waals surface area contributed by atoms with Gasteiger partial charge in [0, 0.05) is 36.1 Å². The van der Waals surface area contributed by atoms with E-state index in [-0.39, 0.29) is 6.03 Å². The van der Waals surface area contributed by atoms with E-state index in [1.165, 1.54) is 0 Å². The maximum absolute atomic E-state index is 11.6. The van der Waals surface area contributed by atoms with Crippen LogP contribution in [0.15, 0.2) is 36.7 Å². The van der Waals surface area contributed by atoms with Crippen LogP contribution >= 0.6 is 11.6 Å². The second-order valence-corrected chi connectivity index (χ2v) is 4.28. The van der Waals surface area contributed by atoms with Crippen LogP contribution in [0.1, 0.15) is 5.56 Å². The van der Waals surface area contributed by atoms with E-state index >= 15 is 0 Å². The minimum Gasteiger partial charge on any atom is -0.334 e. The van der Waals surface area contributed by atoms with Gasteiger partial charge in [-0.3, -0.25) is 4.68 Å². The number of aromatic nitrogens is 2. The summed E-state index contributed by atoms with van der Waals surface area (Å²) in [6, 6.07) is 6.71. The van der Waals surface area contributed by atoms with Crippen LogP contribution in [0.2, 0.25) is 5.02 Å². The molecule has 0 bridgehead atoms. The molecule has 0 spiro atoms. The zero-order chi connectivity index (χ0) is 13.0. The van der Waals surface area contributed by atoms with E-state index in [0.717, 1.165) is 5.56 Å². The summed E-state index contributed by atoms with van der Waals surface area (Å²) < 4.78 is 1.69. The Kier molecular flexibility index (Phi) is 3.84. The lowest BCUT2D eigenvalue weighted by Crippen LogP contribution is -2.28. The van der Waals surface area contributed by atoms with E-state index in [1.807, 2.05) is 13.2 Å². The van der Waals surface area contributed by atoms with Crippen LogP contribution in [0, 0.1) is 0 Å². The molecule has 0 fully saturated rings. The van der Waals surface area contributed by atoms with Gasteiger partial charge in [-0.1, -0.05) is 17.7 Å². The van der Waals surface area contributed by atoms with Crippen LogP contribution in [0.5, 0.6) is 0 Å². The highest BCUT2D eigenvalue weighted by atomic mass is 35.5. The summed E-state index contributed by atoms with van der Waals surface area (Å²) in [5.74, 6) is 0. The number of amides is 2. The minimum atomic E-state index is -0.277. The van der Waals surface area contributed by atoms with Gasteiger partial charge >= 0.3 is 6.03 Å². The van der Waals surface area contributed by atoms with Gasteiger partial charge in [0.05, 0.1) is 6.20 Å². The van der Waals surface area contributed by atoms with Gasteiger partial charge in [0.25, 0.3) is 0 Å². The second-order valence-electron chi connectivity index (χ2n) is 3.84. The number of aryl methyl sites for hydroxylation is 1. The molecular formula is C12H13ClN4O. The molecule has 0 unspecified atom stereocenters. The summed E-state index contributed by atoms with van der Waals surface area (Å²) in [6.07, 6.45) is 3.55. The van der Waals surface area contributed by atoms with Crippen LogP contribution in [0.25, 0.3) is 0 Å². The van der Waals surface area contributed by atoms with Crippen molar-refractivity contribution in [3.8, 4) is 0 Å². The first-order valence-electron chi connectivity index (χ1n) is 5.41. The van der Waals surface area contributed by atoms with E-state index in [4.69, 9.17) is 11.6 Å². The summed E-state index contributed by atoms with van der Waals surface area (Å²) in [5, 5.41) is 10.0. The Bertz CT molecular complexity index is 553. The molecule has 0 saturated heterocycles. The number of urea groups is 1. The van der Waals surface area contributed by atoms with Gasteiger partial charge in [0.15, 0.2) is 0 Å². The topological polar surface area (TPSA) is 59.0 Å². The Hall–Kier alpha value is -2.01. The first kappa shape index (κ1) is 12.4. The Labute approximate surface area is 110 Å². The number of halogens is 1. The van der Waals surface area contributed by atoms with Crippen molar-refractivity contribution in [2.75, 3.05) is 5.32 Å².